The molecule has 0 saturated heterocycles. The number of rotatable bonds is 7. The Morgan fingerprint density at radius 2 is 1.64 bits per heavy atom. The van der Waals surface area contributed by atoms with Crippen molar-refractivity contribution < 1.29 is 22.9 Å². The predicted octanol–water partition coefficient (Wildman–Crippen LogP) is 2.82. The first-order valence-corrected chi connectivity index (χ1v) is 9.47. The lowest BCUT2D eigenvalue weighted by atomic mass is 10.2. The van der Waals surface area contributed by atoms with Crippen LogP contribution in [0.1, 0.15) is 25.0 Å². The number of carbonyl (C=O) groups is 2. The Hall–Kier alpha value is -2.70. The van der Waals surface area contributed by atoms with Crippen molar-refractivity contribution in [1.82, 2.24) is 0 Å². The van der Waals surface area contributed by atoms with E-state index in [1.807, 2.05) is 36.4 Å². The number of hydrogen-bond acceptors (Lipinski definition) is 5. The van der Waals surface area contributed by atoms with Crippen LogP contribution in [0.2, 0.25) is 0 Å². The minimum absolute atomic E-state index is 0.145. The molecule has 2 aromatic rings. The largest absolute Gasteiger partial charge is 0.673 e. The third kappa shape index (κ3) is 5.14. The van der Waals surface area contributed by atoms with E-state index in [0.717, 1.165) is 11.1 Å². The summed E-state index contributed by atoms with van der Waals surface area (Å²) >= 11 is 0. The molecule has 25 heavy (non-hydrogen) atoms. The topological polar surface area (TPSA) is 61.8 Å². The molecule has 2 rings (SSSR count). The summed E-state index contributed by atoms with van der Waals surface area (Å²) < 4.78 is 16.9. The summed E-state index contributed by atoms with van der Waals surface area (Å²) in [6.45, 7) is 6.39. The van der Waals surface area contributed by atoms with E-state index < -0.39 is 20.7 Å². The van der Waals surface area contributed by atoms with Crippen LogP contribution in [-0.4, -0.2) is 20.7 Å². The Kier molecular flexibility index (Phi) is 6.27. The van der Waals surface area contributed by atoms with Crippen molar-refractivity contribution in [3.63, 3.8) is 0 Å². The normalized spacial score (nSPS) is 10.8. The second-order valence-corrected chi connectivity index (χ2v) is 7.73. The molecule has 0 aromatic heterocycles. The zero-order valence-corrected chi connectivity index (χ0v) is 15.2. The van der Waals surface area contributed by atoms with E-state index in [2.05, 4.69) is 6.58 Å². The molecule has 0 atom stereocenters. The molecule has 6 heteroatoms. The highest BCUT2D eigenvalue weighted by Gasteiger charge is 2.51. The third-order valence-corrected chi connectivity index (χ3v) is 5.96. The van der Waals surface area contributed by atoms with E-state index in [1.54, 1.807) is 24.3 Å². The summed E-state index contributed by atoms with van der Waals surface area (Å²) in [7, 11) is -3.78. The van der Waals surface area contributed by atoms with E-state index in [9.17, 15) is 9.59 Å². The van der Waals surface area contributed by atoms with Crippen molar-refractivity contribution in [1.29, 1.82) is 0 Å². The maximum Gasteiger partial charge on any atom is 0.673 e. The van der Waals surface area contributed by atoms with Crippen LogP contribution < -0.4 is 5.19 Å². The van der Waals surface area contributed by atoms with Crippen molar-refractivity contribution in [2.75, 3.05) is 0 Å². The van der Waals surface area contributed by atoms with Crippen LogP contribution in [0.25, 0.3) is 6.08 Å². The Balaban J connectivity index is 2.43. The van der Waals surface area contributed by atoms with E-state index in [-0.39, 0.29) is 6.61 Å². The number of benzene rings is 2. The van der Waals surface area contributed by atoms with Crippen LogP contribution >= 0.6 is 0 Å². The van der Waals surface area contributed by atoms with Gasteiger partial charge in [-0.1, -0.05) is 61.2 Å². The Morgan fingerprint density at radius 1 is 1.00 bits per heavy atom. The van der Waals surface area contributed by atoms with E-state index >= 15 is 0 Å². The second kappa shape index (κ2) is 8.41. The van der Waals surface area contributed by atoms with E-state index in [1.165, 1.54) is 13.8 Å². The molecule has 0 aliphatic rings. The molecule has 0 amide bonds. The summed E-state index contributed by atoms with van der Waals surface area (Å²) in [5, 5.41) is 0.520. The smallest absolute Gasteiger partial charge is 0.461 e. The molecule has 0 radical (unpaired) electrons. The van der Waals surface area contributed by atoms with Crippen LogP contribution in [0.15, 0.2) is 61.2 Å². The average molecular weight is 356 g/mol. The van der Waals surface area contributed by atoms with Crippen molar-refractivity contribution in [2.45, 2.75) is 20.5 Å². The molecule has 130 valence electrons. The summed E-state index contributed by atoms with van der Waals surface area (Å²) in [5.74, 6) is -1.16. The highest BCUT2D eigenvalue weighted by Crippen LogP contribution is 2.16. The Bertz CT molecular complexity index is 741. The molecule has 5 nitrogen and oxygen atoms in total. The highest BCUT2D eigenvalue weighted by atomic mass is 28.4. The fourth-order valence-corrected chi connectivity index (χ4v) is 4.59. The van der Waals surface area contributed by atoms with Gasteiger partial charge in [-0.15, -0.1) is 0 Å². The molecule has 0 aliphatic heterocycles. The first-order valence-electron chi connectivity index (χ1n) is 7.75. The lowest BCUT2D eigenvalue weighted by Gasteiger charge is -2.27. The highest BCUT2D eigenvalue weighted by molar-refractivity contribution is 6.77. The second-order valence-electron chi connectivity index (χ2n) is 5.35. The van der Waals surface area contributed by atoms with Gasteiger partial charge in [0.05, 0.1) is 6.61 Å². The van der Waals surface area contributed by atoms with Gasteiger partial charge in [-0.25, -0.2) is 0 Å². The van der Waals surface area contributed by atoms with Crippen molar-refractivity contribution >= 4 is 32.0 Å². The molecule has 0 fully saturated rings. The van der Waals surface area contributed by atoms with E-state index in [0.29, 0.717) is 5.19 Å². The minimum Gasteiger partial charge on any atom is -0.461 e. The van der Waals surface area contributed by atoms with Gasteiger partial charge >= 0.3 is 8.80 Å². The standard InChI is InChI=1S/C19H20O5Si/c1-4-17-11-8-12-19(13-17)25(23-15(2)20,24-16(3)21)22-14-18-9-6-5-7-10-18/h4-13H,1,14H2,2-3H3. The fourth-order valence-electron chi connectivity index (χ4n) is 2.27. The van der Waals surface area contributed by atoms with Crippen LogP contribution in [0.5, 0.6) is 0 Å². The molecule has 2 aromatic carbocycles. The Morgan fingerprint density at radius 3 is 2.20 bits per heavy atom. The molecule has 0 saturated carbocycles. The maximum absolute atomic E-state index is 11.7. The van der Waals surface area contributed by atoms with Gasteiger partial charge in [-0.2, -0.15) is 0 Å². The monoisotopic (exact) mass is 356 g/mol. The van der Waals surface area contributed by atoms with Gasteiger partial charge in [0, 0.05) is 19.0 Å². The average Bonchev–Trinajstić information content (AvgIpc) is 2.59. The number of hydrogen-bond donors (Lipinski definition) is 0. The van der Waals surface area contributed by atoms with Gasteiger partial charge in [0.2, 0.25) is 0 Å². The summed E-state index contributed by atoms with van der Waals surface area (Å²) in [5.41, 5.74) is 1.68. The molecule has 0 unspecified atom stereocenters. The molecule has 0 heterocycles. The van der Waals surface area contributed by atoms with Crippen LogP contribution in [0, 0.1) is 0 Å². The van der Waals surface area contributed by atoms with Crippen molar-refractivity contribution in [3.8, 4) is 0 Å². The van der Waals surface area contributed by atoms with Gasteiger partial charge in [0.15, 0.2) is 0 Å². The zero-order chi connectivity index (χ0) is 18.3. The first kappa shape index (κ1) is 18.6. The molecule has 0 spiro atoms. The molecule has 0 bridgehead atoms. The lowest BCUT2D eigenvalue weighted by Crippen LogP contribution is -2.58. The van der Waals surface area contributed by atoms with Gasteiger partial charge < -0.3 is 13.3 Å². The van der Waals surface area contributed by atoms with Gasteiger partial charge in [0.25, 0.3) is 11.9 Å². The maximum atomic E-state index is 11.7. The van der Waals surface area contributed by atoms with Crippen LogP contribution in [-0.2, 0) is 29.5 Å². The summed E-state index contributed by atoms with van der Waals surface area (Å²) in [6, 6.07) is 16.5. The first-order chi connectivity index (χ1) is 11.9. The number of carbonyl (C=O) groups excluding carboxylic acids is 2. The van der Waals surface area contributed by atoms with Gasteiger partial charge in [-0.3, -0.25) is 9.59 Å². The summed E-state index contributed by atoms with van der Waals surface area (Å²) in [6.07, 6.45) is 1.65. The fraction of sp³-hybridized carbons (Fsp3) is 0.158. The van der Waals surface area contributed by atoms with Gasteiger partial charge in [0.1, 0.15) is 0 Å². The molecular formula is C19H20O5Si. The lowest BCUT2D eigenvalue weighted by molar-refractivity contribution is -0.142. The van der Waals surface area contributed by atoms with Crippen LogP contribution in [0.3, 0.4) is 0 Å². The quantitative estimate of drug-likeness (QED) is 0.714. The minimum atomic E-state index is -3.78. The molecule has 0 aliphatic carbocycles. The Labute approximate surface area is 148 Å². The predicted molar refractivity (Wildman–Crippen MR) is 96.7 cm³/mol. The van der Waals surface area contributed by atoms with Crippen molar-refractivity contribution in [2.24, 2.45) is 0 Å². The molecule has 0 N–H and O–H groups in total. The zero-order valence-electron chi connectivity index (χ0n) is 14.2. The SMILES string of the molecule is C=Cc1cccc([Si](OCc2ccccc2)(OC(C)=O)OC(C)=O)c1. The van der Waals surface area contributed by atoms with Gasteiger partial charge in [-0.05, 0) is 17.2 Å². The van der Waals surface area contributed by atoms with Crippen LogP contribution in [0.4, 0.5) is 0 Å². The third-order valence-electron chi connectivity index (χ3n) is 3.30. The van der Waals surface area contributed by atoms with Crippen molar-refractivity contribution in [3.05, 3.63) is 72.3 Å². The molecular weight excluding hydrogens is 336 g/mol. The summed E-state index contributed by atoms with van der Waals surface area (Å²) in [4.78, 5) is 23.4. The van der Waals surface area contributed by atoms with E-state index in [4.69, 9.17) is 13.3 Å².